The Morgan fingerprint density at radius 3 is 2.79 bits per heavy atom. The van der Waals surface area contributed by atoms with Gasteiger partial charge in [-0.1, -0.05) is 12.1 Å². The largest absolute Gasteiger partial charge is 0.393 e. The van der Waals surface area contributed by atoms with Crippen molar-refractivity contribution < 1.29 is 14.3 Å². The molecule has 0 bridgehead atoms. The molecule has 0 unspecified atom stereocenters. The summed E-state index contributed by atoms with van der Waals surface area (Å²) in [6.45, 7) is 0.689. The van der Waals surface area contributed by atoms with E-state index in [1.165, 1.54) is 6.20 Å². The van der Waals surface area contributed by atoms with Gasteiger partial charge in [-0.15, -0.1) is 0 Å². The van der Waals surface area contributed by atoms with E-state index in [1.54, 1.807) is 11.0 Å². The minimum Gasteiger partial charge on any atom is -0.393 e. The second kappa shape index (κ2) is 8.22. The van der Waals surface area contributed by atoms with Crippen LogP contribution in [0.5, 0.6) is 0 Å². The molecule has 2 aromatic rings. The Morgan fingerprint density at radius 1 is 1.18 bits per heavy atom. The summed E-state index contributed by atoms with van der Waals surface area (Å²) in [4.78, 5) is 22.4. The molecule has 6 nitrogen and oxygen atoms in total. The fraction of sp³-hybridized carbons (Fsp3) is 0.476. The van der Waals surface area contributed by atoms with E-state index in [0.717, 1.165) is 44.2 Å². The van der Waals surface area contributed by atoms with E-state index in [0.29, 0.717) is 24.5 Å². The first kappa shape index (κ1) is 18.8. The van der Waals surface area contributed by atoms with Crippen molar-refractivity contribution >= 4 is 17.5 Å². The highest BCUT2D eigenvalue weighted by Gasteiger charge is 2.22. The van der Waals surface area contributed by atoms with Crippen LogP contribution >= 0.6 is 0 Å². The Balaban J connectivity index is 1.56. The maximum Gasteiger partial charge on any atom is 0.226 e. The number of aliphatic hydroxyl groups excluding tert-OH is 1. The highest BCUT2D eigenvalue weighted by Crippen LogP contribution is 2.28. The lowest BCUT2D eigenvalue weighted by molar-refractivity contribution is -0.119. The molecule has 0 radical (unpaired) electrons. The Bertz CT molecular complexity index is 852. The first-order valence-corrected chi connectivity index (χ1v) is 9.98. The third-order valence-electron chi connectivity index (χ3n) is 5.53. The third kappa shape index (κ3) is 4.14. The fourth-order valence-electron chi connectivity index (χ4n) is 3.94. The molecule has 0 spiro atoms. The van der Waals surface area contributed by atoms with Crippen molar-refractivity contribution in [1.29, 1.82) is 0 Å². The molecule has 4 rings (SSSR count). The molecule has 1 aromatic heterocycles. The van der Waals surface area contributed by atoms with Gasteiger partial charge < -0.3 is 15.3 Å². The molecule has 1 saturated carbocycles. The number of amides is 1. The molecule has 1 amide bonds. The average molecular weight is 384 g/mol. The van der Waals surface area contributed by atoms with Gasteiger partial charge in [-0.05, 0) is 50.7 Å². The van der Waals surface area contributed by atoms with Crippen LogP contribution in [0.25, 0.3) is 11.3 Å². The lowest BCUT2D eigenvalue weighted by Gasteiger charge is -2.27. The van der Waals surface area contributed by atoms with E-state index in [2.05, 4.69) is 15.3 Å². The Labute approximate surface area is 163 Å². The number of hydrogen-bond donors (Lipinski definition) is 2. The van der Waals surface area contributed by atoms with Gasteiger partial charge in [0, 0.05) is 30.3 Å². The van der Waals surface area contributed by atoms with Crippen LogP contribution in [-0.2, 0) is 4.79 Å². The van der Waals surface area contributed by atoms with Gasteiger partial charge in [0.1, 0.15) is 5.69 Å². The summed E-state index contributed by atoms with van der Waals surface area (Å²) in [5, 5.41) is 12.9. The number of rotatable bonds is 4. The molecule has 2 heterocycles. The standard InChI is InChI=1S/C21H25FN4O2/c22-18-13-23-21(24-15-7-9-17(27)10-8-15)25-20(18)14-4-3-5-16(12-14)26-11-2-1-6-19(26)28/h3-5,12-13,15,17,27H,1-2,6-11H2,(H,23,24,25). The van der Waals surface area contributed by atoms with Gasteiger partial charge >= 0.3 is 0 Å². The summed E-state index contributed by atoms with van der Waals surface area (Å²) in [7, 11) is 0. The van der Waals surface area contributed by atoms with Crippen LogP contribution in [-0.4, -0.2) is 39.7 Å². The number of aromatic nitrogens is 2. The predicted octanol–water partition coefficient (Wildman–Crippen LogP) is 3.52. The number of hydrogen-bond acceptors (Lipinski definition) is 5. The summed E-state index contributed by atoms with van der Waals surface area (Å²) in [6.07, 6.45) is 6.56. The number of piperidine rings is 1. The number of nitrogens with one attached hydrogen (secondary N) is 1. The maximum absolute atomic E-state index is 14.5. The van der Waals surface area contributed by atoms with Crippen LogP contribution in [0.15, 0.2) is 30.5 Å². The molecule has 2 fully saturated rings. The number of anilines is 2. The first-order valence-electron chi connectivity index (χ1n) is 9.98. The van der Waals surface area contributed by atoms with Crippen molar-refractivity contribution in [1.82, 2.24) is 9.97 Å². The van der Waals surface area contributed by atoms with Crippen LogP contribution in [0.2, 0.25) is 0 Å². The second-order valence-corrected chi connectivity index (χ2v) is 7.59. The fourth-order valence-corrected chi connectivity index (χ4v) is 3.94. The summed E-state index contributed by atoms with van der Waals surface area (Å²) in [5.41, 5.74) is 1.62. The van der Waals surface area contributed by atoms with E-state index in [9.17, 15) is 14.3 Å². The number of nitrogens with zero attached hydrogens (tertiary/aromatic N) is 3. The summed E-state index contributed by atoms with van der Waals surface area (Å²) < 4.78 is 14.5. The van der Waals surface area contributed by atoms with Gasteiger partial charge in [0.25, 0.3) is 0 Å². The second-order valence-electron chi connectivity index (χ2n) is 7.59. The lowest BCUT2D eigenvalue weighted by Crippen LogP contribution is -2.35. The third-order valence-corrected chi connectivity index (χ3v) is 5.53. The zero-order valence-corrected chi connectivity index (χ0v) is 15.8. The van der Waals surface area contributed by atoms with E-state index >= 15 is 0 Å². The summed E-state index contributed by atoms with van der Waals surface area (Å²) >= 11 is 0. The predicted molar refractivity (Wildman–Crippen MR) is 106 cm³/mol. The molecule has 28 heavy (non-hydrogen) atoms. The average Bonchev–Trinajstić information content (AvgIpc) is 2.71. The van der Waals surface area contributed by atoms with E-state index < -0.39 is 5.82 Å². The molecular weight excluding hydrogens is 359 g/mol. The van der Waals surface area contributed by atoms with Crippen molar-refractivity contribution in [2.75, 3.05) is 16.8 Å². The summed E-state index contributed by atoms with van der Waals surface area (Å²) in [6, 6.07) is 7.49. The van der Waals surface area contributed by atoms with E-state index in [-0.39, 0.29) is 23.7 Å². The quantitative estimate of drug-likeness (QED) is 0.843. The monoisotopic (exact) mass is 384 g/mol. The van der Waals surface area contributed by atoms with Crippen molar-refractivity contribution in [2.24, 2.45) is 0 Å². The minimum atomic E-state index is -0.494. The van der Waals surface area contributed by atoms with Crippen LogP contribution in [0, 0.1) is 5.82 Å². The molecule has 1 aliphatic carbocycles. The van der Waals surface area contributed by atoms with E-state index in [1.807, 2.05) is 18.2 Å². The normalized spacial score (nSPS) is 22.9. The Kier molecular flexibility index (Phi) is 5.52. The molecule has 2 N–H and O–H groups in total. The number of halogens is 1. The SMILES string of the molecule is O=C1CCCCN1c1cccc(-c2nc(NC3CCC(O)CC3)ncc2F)c1. The van der Waals surface area contributed by atoms with Crippen molar-refractivity contribution in [3.63, 3.8) is 0 Å². The van der Waals surface area contributed by atoms with E-state index in [4.69, 9.17) is 0 Å². The summed E-state index contributed by atoms with van der Waals surface area (Å²) in [5.74, 6) is -0.00243. The molecule has 1 saturated heterocycles. The zero-order valence-electron chi connectivity index (χ0n) is 15.8. The Hall–Kier alpha value is -2.54. The van der Waals surface area contributed by atoms with Crippen molar-refractivity contribution in [3.8, 4) is 11.3 Å². The lowest BCUT2D eigenvalue weighted by atomic mass is 9.93. The molecular formula is C21H25FN4O2. The maximum atomic E-state index is 14.5. The van der Waals surface area contributed by atoms with Crippen LogP contribution in [0.4, 0.5) is 16.0 Å². The molecule has 2 aliphatic rings. The van der Waals surface area contributed by atoms with Gasteiger partial charge in [0.15, 0.2) is 5.82 Å². The molecule has 7 heteroatoms. The zero-order chi connectivity index (χ0) is 19.5. The molecule has 1 aliphatic heterocycles. The van der Waals surface area contributed by atoms with Gasteiger partial charge in [0.05, 0.1) is 12.3 Å². The van der Waals surface area contributed by atoms with Gasteiger partial charge in [-0.25, -0.2) is 14.4 Å². The van der Waals surface area contributed by atoms with Crippen LogP contribution < -0.4 is 10.2 Å². The number of aliphatic hydroxyl groups is 1. The number of carbonyl (C=O) groups is 1. The van der Waals surface area contributed by atoms with Crippen LogP contribution in [0.3, 0.4) is 0 Å². The molecule has 1 aromatic carbocycles. The smallest absolute Gasteiger partial charge is 0.226 e. The van der Waals surface area contributed by atoms with Crippen molar-refractivity contribution in [3.05, 3.63) is 36.3 Å². The van der Waals surface area contributed by atoms with Gasteiger partial charge in [-0.3, -0.25) is 4.79 Å². The van der Waals surface area contributed by atoms with Crippen molar-refractivity contribution in [2.45, 2.75) is 57.1 Å². The number of benzene rings is 1. The first-order chi connectivity index (χ1) is 13.6. The minimum absolute atomic E-state index is 0.105. The topological polar surface area (TPSA) is 78.4 Å². The highest BCUT2D eigenvalue weighted by molar-refractivity contribution is 5.94. The highest BCUT2D eigenvalue weighted by atomic mass is 19.1. The number of carbonyl (C=O) groups excluding carboxylic acids is 1. The molecule has 148 valence electrons. The Morgan fingerprint density at radius 2 is 2.00 bits per heavy atom. The van der Waals surface area contributed by atoms with Gasteiger partial charge in [-0.2, -0.15) is 0 Å². The molecule has 0 atom stereocenters. The van der Waals surface area contributed by atoms with Crippen LogP contribution in [0.1, 0.15) is 44.9 Å². The van der Waals surface area contributed by atoms with Gasteiger partial charge in [0.2, 0.25) is 11.9 Å².